The molecule has 0 aliphatic heterocycles. The highest BCUT2D eigenvalue weighted by molar-refractivity contribution is 9.11. The number of aliphatic hydroxyl groups excluding tert-OH is 1. The molecule has 2 aromatic rings. The number of halogens is 1. The lowest BCUT2D eigenvalue weighted by Gasteiger charge is -2.08. The third-order valence-corrected chi connectivity index (χ3v) is 4.02. The number of hydrogen-bond donors (Lipinski definition) is 1. The molecule has 2 nitrogen and oxygen atoms in total. The van der Waals surface area contributed by atoms with Gasteiger partial charge in [0.25, 0.3) is 0 Å². The Balaban J connectivity index is 2.06. The van der Waals surface area contributed by atoms with Crippen LogP contribution in [0.1, 0.15) is 16.5 Å². The topological polar surface area (TPSA) is 37.3 Å². The van der Waals surface area contributed by atoms with Crippen molar-refractivity contribution < 1.29 is 9.90 Å². The van der Waals surface area contributed by atoms with Gasteiger partial charge in [-0.1, -0.05) is 30.3 Å². The third-order valence-electron chi connectivity index (χ3n) is 2.40. The van der Waals surface area contributed by atoms with Gasteiger partial charge in [0.2, 0.25) is 0 Å². The molecule has 2 rings (SSSR count). The molecule has 0 aliphatic rings. The molecule has 4 heteroatoms. The predicted octanol–water partition coefficient (Wildman–Crippen LogP) is 3.36. The number of hydrogen-bond acceptors (Lipinski definition) is 3. The van der Waals surface area contributed by atoms with Crippen LogP contribution >= 0.6 is 27.3 Å². The zero-order chi connectivity index (χ0) is 12.3. The number of rotatable bonds is 4. The maximum absolute atomic E-state index is 11.9. The minimum absolute atomic E-state index is 0.175. The molecule has 0 bridgehead atoms. The molecule has 0 saturated heterocycles. The van der Waals surface area contributed by atoms with Crippen LogP contribution in [-0.2, 0) is 11.2 Å². The van der Waals surface area contributed by atoms with E-state index in [1.54, 1.807) is 12.1 Å². The second-order valence-electron chi connectivity index (χ2n) is 3.66. The molecule has 0 radical (unpaired) electrons. The van der Waals surface area contributed by atoms with Gasteiger partial charge in [0.05, 0.1) is 3.79 Å². The zero-order valence-electron chi connectivity index (χ0n) is 8.97. The molecular weight excluding hydrogens is 300 g/mol. The lowest BCUT2D eigenvalue weighted by Crippen LogP contribution is -2.13. The van der Waals surface area contributed by atoms with Crippen LogP contribution in [0.15, 0.2) is 46.3 Å². The van der Waals surface area contributed by atoms with E-state index < -0.39 is 6.10 Å². The normalized spacial score (nSPS) is 12.4. The Morgan fingerprint density at radius 1 is 1.24 bits per heavy atom. The van der Waals surface area contributed by atoms with Crippen LogP contribution in [0.5, 0.6) is 0 Å². The van der Waals surface area contributed by atoms with Gasteiger partial charge in [-0.3, -0.25) is 4.79 Å². The summed E-state index contributed by atoms with van der Waals surface area (Å²) in [5.41, 5.74) is 0.646. The van der Waals surface area contributed by atoms with E-state index in [0.29, 0.717) is 5.56 Å². The molecule has 1 heterocycles. The van der Waals surface area contributed by atoms with E-state index >= 15 is 0 Å². The fourth-order valence-corrected chi connectivity index (χ4v) is 3.03. The minimum atomic E-state index is -1.03. The van der Waals surface area contributed by atoms with Crippen molar-refractivity contribution in [2.24, 2.45) is 0 Å². The number of Topliss-reactive ketones (excluding diaryl/α,β-unsaturated/α-hetero) is 1. The molecule has 1 N–H and O–H groups in total. The second kappa shape index (κ2) is 5.58. The van der Waals surface area contributed by atoms with Crippen molar-refractivity contribution in [3.05, 3.63) is 56.7 Å². The molecule has 1 aromatic carbocycles. The summed E-state index contributed by atoms with van der Waals surface area (Å²) in [4.78, 5) is 12.8. The summed E-state index contributed by atoms with van der Waals surface area (Å²) in [7, 11) is 0. The van der Waals surface area contributed by atoms with Gasteiger partial charge in [-0.05, 0) is 33.6 Å². The van der Waals surface area contributed by atoms with Crippen molar-refractivity contribution in [1.29, 1.82) is 0 Å². The first-order valence-corrected chi connectivity index (χ1v) is 6.77. The molecule has 0 saturated carbocycles. The average molecular weight is 311 g/mol. The SMILES string of the molecule is O=C(Cc1ccc(Br)s1)C(O)c1ccccc1. The van der Waals surface area contributed by atoms with Crippen molar-refractivity contribution in [2.45, 2.75) is 12.5 Å². The van der Waals surface area contributed by atoms with Crippen LogP contribution < -0.4 is 0 Å². The molecule has 0 spiro atoms. The number of carbonyl (C=O) groups is 1. The molecule has 0 fully saturated rings. The summed E-state index contributed by atoms with van der Waals surface area (Å²) in [6.45, 7) is 0. The van der Waals surface area contributed by atoms with Crippen molar-refractivity contribution in [3.63, 3.8) is 0 Å². The Hall–Kier alpha value is -0.970. The zero-order valence-corrected chi connectivity index (χ0v) is 11.4. The summed E-state index contributed by atoms with van der Waals surface area (Å²) >= 11 is 4.86. The fourth-order valence-electron chi connectivity index (χ4n) is 1.54. The summed E-state index contributed by atoms with van der Waals surface area (Å²) in [6.07, 6.45) is -0.760. The molecular formula is C13H11BrO2S. The quantitative estimate of drug-likeness (QED) is 0.940. The Bertz CT molecular complexity index is 507. The van der Waals surface area contributed by atoms with E-state index in [0.717, 1.165) is 8.66 Å². The second-order valence-corrected chi connectivity index (χ2v) is 6.21. The Kier molecular flexibility index (Phi) is 4.10. The van der Waals surface area contributed by atoms with Crippen molar-refractivity contribution in [2.75, 3.05) is 0 Å². The van der Waals surface area contributed by atoms with Gasteiger partial charge < -0.3 is 5.11 Å². The molecule has 1 unspecified atom stereocenters. The average Bonchev–Trinajstić information content (AvgIpc) is 2.75. The Morgan fingerprint density at radius 2 is 1.94 bits per heavy atom. The van der Waals surface area contributed by atoms with Crippen molar-refractivity contribution in [1.82, 2.24) is 0 Å². The molecule has 17 heavy (non-hydrogen) atoms. The first-order valence-electron chi connectivity index (χ1n) is 5.17. The Morgan fingerprint density at radius 3 is 2.53 bits per heavy atom. The first-order chi connectivity index (χ1) is 8.16. The van der Waals surface area contributed by atoms with Gasteiger partial charge in [-0.2, -0.15) is 0 Å². The van der Waals surface area contributed by atoms with Gasteiger partial charge in [0.15, 0.2) is 5.78 Å². The van der Waals surface area contributed by atoms with Crippen molar-refractivity contribution >= 4 is 33.0 Å². The monoisotopic (exact) mass is 310 g/mol. The van der Waals surface area contributed by atoms with Crippen LogP contribution in [0.2, 0.25) is 0 Å². The van der Waals surface area contributed by atoms with Gasteiger partial charge >= 0.3 is 0 Å². The standard InChI is InChI=1S/C13H11BrO2S/c14-12-7-6-10(17-12)8-11(15)13(16)9-4-2-1-3-5-9/h1-7,13,16H,8H2. The van der Waals surface area contributed by atoms with E-state index in [1.807, 2.05) is 30.3 Å². The third kappa shape index (κ3) is 3.25. The largest absolute Gasteiger partial charge is 0.381 e. The molecule has 0 aliphatic carbocycles. The molecule has 1 atom stereocenters. The smallest absolute Gasteiger partial charge is 0.170 e. The lowest BCUT2D eigenvalue weighted by atomic mass is 10.0. The highest BCUT2D eigenvalue weighted by atomic mass is 79.9. The summed E-state index contributed by atoms with van der Waals surface area (Å²) in [6, 6.07) is 12.8. The van der Waals surface area contributed by atoms with E-state index in [2.05, 4.69) is 15.9 Å². The first kappa shape index (κ1) is 12.5. The Labute approximate surface area is 112 Å². The highest BCUT2D eigenvalue weighted by Crippen LogP contribution is 2.24. The minimum Gasteiger partial charge on any atom is -0.381 e. The number of thiophene rings is 1. The van der Waals surface area contributed by atoms with Crippen LogP contribution in [0.3, 0.4) is 0 Å². The lowest BCUT2D eigenvalue weighted by molar-refractivity contribution is -0.126. The molecule has 1 aromatic heterocycles. The van der Waals surface area contributed by atoms with Crippen LogP contribution in [-0.4, -0.2) is 10.9 Å². The van der Waals surface area contributed by atoms with Crippen LogP contribution in [0.4, 0.5) is 0 Å². The maximum Gasteiger partial charge on any atom is 0.170 e. The number of carbonyl (C=O) groups excluding carboxylic acids is 1. The van der Waals surface area contributed by atoms with E-state index in [1.165, 1.54) is 11.3 Å². The van der Waals surface area contributed by atoms with Crippen LogP contribution in [0.25, 0.3) is 0 Å². The summed E-state index contributed by atoms with van der Waals surface area (Å²) in [5.74, 6) is -0.175. The van der Waals surface area contributed by atoms with Gasteiger partial charge in [0.1, 0.15) is 6.10 Å². The van der Waals surface area contributed by atoms with E-state index in [9.17, 15) is 9.90 Å². The van der Waals surface area contributed by atoms with Gasteiger partial charge in [-0.25, -0.2) is 0 Å². The number of benzene rings is 1. The van der Waals surface area contributed by atoms with Crippen molar-refractivity contribution in [3.8, 4) is 0 Å². The highest BCUT2D eigenvalue weighted by Gasteiger charge is 2.17. The summed E-state index contributed by atoms with van der Waals surface area (Å²) < 4.78 is 0.995. The fraction of sp³-hybridized carbons (Fsp3) is 0.154. The maximum atomic E-state index is 11.9. The predicted molar refractivity (Wildman–Crippen MR) is 72.1 cm³/mol. The van der Waals surface area contributed by atoms with Gasteiger partial charge in [-0.15, -0.1) is 11.3 Å². The molecule has 0 amide bonds. The van der Waals surface area contributed by atoms with Gasteiger partial charge in [0, 0.05) is 11.3 Å². The number of ketones is 1. The van der Waals surface area contributed by atoms with E-state index in [-0.39, 0.29) is 12.2 Å². The van der Waals surface area contributed by atoms with Crippen LogP contribution in [0, 0.1) is 0 Å². The molecule has 88 valence electrons. The number of aliphatic hydroxyl groups is 1. The summed E-state index contributed by atoms with van der Waals surface area (Å²) in [5, 5.41) is 9.90. The van der Waals surface area contributed by atoms with E-state index in [4.69, 9.17) is 0 Å².